The maximum atomic E-state index is 10.8. The highest BCUT2D eigenvalue weighted by atomic mass is 32.2. The highest BCUT2D eigenvalue weighted by molar-refractivity contribution is 8.05. The quantitative estimate of drug-likeness (QED) is 0.548. The molecule has 0 aliphatic heterocycles. The number of carbonyl (C=O) groups excluding carboxylic acids is 1. The minimum Gasteiger partial charge on any atom is -0.356 e. The molecule has 11 heavy (non-hydrogen) atoms. The van der Waals surface area contributed by atoms with Crippen molar-refractivity contribution in [1.82, 2.24) is 15.4 Å². The van der Waals surface area contributed by atoms with Gasteiger partial charge in [0, 0.05) is 0 Å². The number of aromatic amines is 1. The van der Waals surface area contributed by atoms with Crippen LogP contribution in [0.4, 0.5) is 4.79 Å². The van der Waals surface area contributed by atoms with E-state index in [1.165, 1.54) is 0 Å². The molecular formula is C3H4N4O3S. The summed E-state index contributed by atoms with van der Waals surface area (Å²) in [5.41, 5.74) is 4.55. The summed E-state index contributed by atoms with van der Waals surface area (Å²) >= 11 is 0. The van der Waals surface area contributed by atoms with E-state index in [1.54, 1.807) is 0 Å². The standard InChI is InChI=1S/C3H4N4O3S/c4-3(8)11(9,10)2-1-5-7-6-2/h1H,(H2,4,8)(H,5,6,7). The van der Waals surface area contributed by atoms with Crippen molar-refractivity contribution >= 4 is 15.1 Å². The fraction of sp³-hybridized carbons (Fsp3) is 0. The summed E-state index contributed by atoms with van der Waals surface area (Å²) in [5.74, 6) is 0. The third-order valence-corrected chi connectivity index (χ3v) is 2.21. The number of hydrogen-bond donors (Lipinski definition) is 2. The molecule has 1 aromatic rings. The molecule has 0 unspecified atom stereocenters. The van der Waals surface area contributed by atoms with E-state index in [0.717, 1.165) is 6.20 Å². The number of amides is 1. The Morgan fingerprint density at radius 2 is 2.27 bits per heavy atom. The van der Waals surface area contributed by atoms with Crippen molar-refractivity contribution in [3.63, 3.8) is 0 Å². The fourth-order valence-electron chi connectivity index (χ4n) is 0.424. The summed E-state index contributed by atoms with van der Waals surface area (Å²) in [6.07, 6.45) is 0.903. The minimum atomic E-state index is -4.10. The molecule has 1 amide bonds. The zero-order valence-electron chi connectivity index (χ0n) is 5.18. The van der Waals surface area contributed by atoms with Gasteiger partial charge in [-0.25, -0.2) is 8.42 Å². The summed E-state index contributed by atoms with van der Waals surface area (Å²) in [4.78, 5) is 10.3. The van der Waals surface area contributed by atoms with Gasteiger partial charge in [0.25, 0.3) is 9.84 Å². The van der Waals surface area contributed by atoms with Gasteiger partial charge in [-0.05, 0) is 0 Å². The number of sulfone groups is 1. The van der Waals surface area contributed by atoms with E-state index in [1.807, 2.05) is 5.21 Å². The van der Waals surface area contributed by atoms with Gasteiger partial charge in [-0.15, -0.1) is 5.10 Å². The normalized spacial score (nSPS) is 11.3. The lowest BCUT2D eigenvalue weighted by Gasteiger charge is -1.89. The number of rotatable bonds is 1. The van der Waals surface area contributed by atoms with Crippen LogP contribution in [0, 0.1) is 0 Å². The van der Waals surface area contributed by atoms with Gasteiger partial charge in [0.1, 0.15) is 0 Å². The van der Waals surface area contributed by atoms with Gasteiger partial charge >= 0.3 is 5.24 Å². The van der Waals surface area contributed by atoms with Crippen LogP contribution in [0.3, 0.4) is 0 Å². The van der Waals surface area contributed by atoms with Crippen LogP contribution in [-0.2, 0) is 9.84 Å². The Kier molecular flexibility index (Phi) is 1.61. The smallest absolute Gasteiger partial charge is 0.340 e. The van der Waals surface area contributed by atoms with Crippen molar-refractivity contribution in [3.8, 4) is 0 Å². The summed E-state index contributed by atoms with van der Waals surface area (Å²) in [7, 11) is -4.10. The first kappa shape index (κ1) is 7.66. The Balaban J connectivity index is 3.22. The molecule has 3 N–H and O–H groups in total. The Morgan fingerprint density at radius 3 is 2.64 bits per heavy atom. The average Bonchev–Trinajstić information content (AvgIpc) is 2.37. The van der Waals surface area contributed by atoms with Gasteiger partial charge < -0.3 is 5.73 Å². The molecule has 0 aliphatic rings. The predicted molar refractivity (Wildman–Crippen MR) is 33.2 cm³/mol. The number of nitrogens with zero attached hydrogens (tertiary/aromatic N) is 2. The largest absolute Gasteiger partial charge is 0.356 e. The van der Waals surface area contributed by atoms with Crippen molar-refractivity contribution in [3.05, 3.63) is 6.20 Å². The van der Waals surface area contributed by atoms with E-state index in [9.17, 15) is 13.2 Å². The van der Waals surface area contributed by atoms with E-state index in [0.29, 0.717) is 0 Å². The molecule has 0 atom stereocenters. The summed E-state index contributed by atoms with van der Waals surface area (Å²) in [6.45, 7) is 0. The van der Waals surface area contributed by atoms with Crippen molar-refractivity contribution in [2.24, 2.45) is 5.73 Å². The molecule has 60 valence electrons. The molecule has 1 rings (SSSR count). The summed E-state index contributed by atoms with van der Waals surface area (Å²) in [6, 6.07) is 0. The Bertz CT molecular complexity index is 352. The van der Waals surface area contributed by atoms with Gasteiger partial charge in [0.05, 0.1) is 6.20 Å². The Morgan fingerprint density at radius 1 is 1.64 bits per heavy atom. The van der Waals surface area contributed by atoms with Gasteiger partial charge in [-0.1, -0.05) is 0 Å². The Labute approximate surface area is 61.5 Å². The first-order chi connectivity index (χ1) is 5.05. The number of nitrogens with two attached hydrogens (primary N) is 1. The average molecular weight is 176 g/mol. The first-order valence-corrected chi connectivity index (χ1v) is 3.94. The highest BCUT2D eigenvalue weighted by Crippen LogP contribution is 2.02. The van der Waals surface area contributed by atoms with Crippen LogP contribution in [0.2, 0.25) is 0 Å². The fourth-order valence-corrected chi connectivity index (χ4v) is 0.982. The molecule has 0 aliphatic carbocycles. The highest BCUT2D eigenvalue weighted by Gasteiger charge is 2.23. The molecule has 0 spiro atoms. The second kappa shape index (κ2) is 2.31. The minimum absolute atomic E-state index is 0.468. The van der Waals surface area contributed by atoms with Crippen LogP contribution in [0.5, 0.6) is 0 Å². The second-order valence-electron chi connectivity index (χ2n) is 1.63. The van der Waals surface area contributed by atoms with E-state index in [4.69, 9.17) is 0 Å². The zero-order chi connectivity index (χ0) is 8.48. The lowest BCUT2D eigenvalue weighted by molar-refractivity contribution is 0.265. The number of nitrogens with one attached hydrogen (secondary N) is 1. The number of aromatic nitrogens is 3. The van der Waals surface area contributed by atoms with Crippen molar-refractivity contribution in [1.29, 1.82) is 0 Å². The molecule has 0 saturated carbocycles. The van der Waals surface area contributed by atoms with E-state index >= 15 is 0 Å². The van der Waals surface area contributed by atoms with Crippen LogP contribution in [0.1, 0.15) is 0 Å². The van der Waals surface area contributed by atoms with Crippen LogP contribution >= 0.6 is 0 Å². The van der Waals surface area contributed by atoms with E-state index in [2.05, 4.69) is 15.9 Å². The van der Waals surface area contributed by atoms with Crippen LogP contribution in [0.15, 0.2) is 11.2 Å². The third-order valence-electron chi connectivity index (χ3n) is 0.933. The molecule has 8 heteroatoms. The maximum absolute atomic E-state index is 10.8. The number of H-pyrrole nitrogens is 1. The molecule has 0 saturated heterocycles. The SMILES string of the molecule is NC(=O)S(=O)(=O)c1cn[nH]n1. The molecule has 1 aromatic heterocycles. The van der Waals surface area contributed by atoms with Crippen LogP contribution in [-0.4, -0.2) is 29.1 Å². The Hall–Kier alpha value is -1.44. The lowest BCUT2D eigenvalue weighted by atomic mass is 11.0. The van der Waals surface area contributed by atoms with Gasteiger partial charge in [-0.2, -0.15) is 10.3 Å². The van der Waals surface area contributed by atoms with Gasteiger partial charge in [-0.3, -0.25) is 4.79 Å². The topological polar surface area (TPSA) is 119 Å². The third kappa shape index (κ3) is 1.19. The van der Waals surface area contributed by atoms with Crippen LogP contribution < -0.4 is 5.73 Å². The number of primary amides is 1. The van der Waals surface area contributed by atoms with Crippen molar-refractivity contribution in [2.45, 2.75) is 5.03 Å². The number of hydrogen-bond acceptors (Lipinski definition) is 5. The monoisotopic (exact) mass is 176 g/mol. The molecule has 0 aromatic carbocycles. The first-order valence-electron chi connectivity index (χ1n) is 2.45. The molecular weight excluding hydrogens is 172 g/mol. The molecule has 0 fully saturated rings. The maximum Gasteiger partial charge on any atom is 0.340 e. The van der Waals surface area contributed by atoms with E-state index < -0.39 is 20.1 Å². The van der Waals surface area contributed by atoms with Crippen molar-refractivity contribution < 1.29 is 13.2 Å². The van der Waals surface area contributed by atoms with Crippen LogP contribution in [0.25, 0.3) is 0 Å². The lowest BCUT2D eigenvalue weighted by Crippen LogP contribution is -2.22. The van der Waals surface area contributed by atoms with Crippen molar-refractivity contribution in [2.75, 3.05) is 0 Å². The zero-order valence-corrected chi connectivity index (χ0v) is 6.00. The molecule has 1 heterocycles. The summed E-state index contributed by atoms with van der Waals surface area (Å²) < 4.78 is 21.6. The molecule has 7 nitrogen and oxygen atoms in total. The molecule has 0 radical (unpaired) electrons. The molecule has 0 bridgehead atoms. The van der Waals surface area contributed by atoms with E-state index in [-0.39, 0.29) is 0 Å². The number of carbonyl (C=O) groups is 1. The second-order valence-corrected chi connectivity index (χ2v) is 3.46. The van der Waals surface area contributed by atoms with Gasteiger partial charge in [0.15, 0.2) is 0 Å². The van der Waals surface area contributed by atoms with Gasteiger partial charge in [0.2, 0.25) is 5.03 Å². The summed E-state index contributed by atoms with van der Waals surface area (Å²) in [5, 5.41) is 6.53. The predicted octanol–water partition coefficient (Wildman–Crippen LogP) is -1.34.